The monoisotopic (exact) mass is 232 g/mol. The van der Waals surface area contributed by atoms with Crippen LogP contribution in [-0.2, 0) is 13.5 Å². The van der Waals surface area contributed by atoms with Gasteiger partial charge in [-0.1, -0.05) is 12.1 Å². The van der Waals surface area contributed by atoms with Gasteiger partial charge in [-0.3, -0.25) is 4.68 Å². The number of aliphatic hydroxyl groups is 1. The molecule has 0 saturated carbocycles. The second-order valence-electron chi connectivity index (χ2n) is 3.97. The minimum Gasteiger partial charge on any atom is -0.497 e. The van der Waals surface area contributed by atoms with Crippen molar-refractivity contribution in [1.82, 2.24) is 9.78 Å². The molecule has 1 N–H and O–H groups in total. The third kappa shape index (κ3) is 2.85. The van der Waals surface area contributed by atoms with Gasteiger partial charge >= 0.3 is 0 Å². The summed E-state index contributed by atoms with van der Waals surface area (Å²) in [4.78, 5) is 0. The third-order valence-corrected chi connectivity index (χ3v) is 2.67. The second kappa shape index (κ2) is 5.01. The van der Waals surface area contributed by atoms with Gasteiger partial charge in [-0.05, 0) is 23.8 Å². The number of aromatic nitrogens is 2. The molecule has 0 aliphatic heterocycles. The summed E-state index contributed by atoms with van der Waals surface area (Å²) in [5.41, 5.74) is 1.76. The highest BCUT2D eigenvalue weighted by atomic mass is 16.5. The summed E-state index contributed by atoms with van der Waals surface area (Å²) in [6.45, 7) is 0. The van der Waals surface area contributed by atoms with E-state index >= 15 is 0 Å². The van der Waals surface area contributed by atoms with E-state index in [0.29, 0.717) is 6.42 Å². The zero-order valence-corrected chi connectivity index (χ0v) is 10.00. The normalized spacial score (nSPS) is 12.4. The van der Waals surface area contributed by atoms with Crippen molar-refractivity contribution >= 4 is 0 Å². The average Bonchev–Trinajstić information content (AvgIpc) is 2.75. The Morgan fingerprint density at radius 2 is 2.00 bits per heavy atom. The predicted octanol–water partition coefficient (Wildman–Crippen LogP) is 1.70. The van der Waals surface area contributed by atoms with Crippen LogP contribution in [0.5, 0.6) is 5.75 Å². The molecule has 90 valence electrons. The van der Waals surface area contributed by atoms with Crippen LogP contribution in [0.3, 0.4) is 0 Å². The molecule has 1 aromatic heterocycles. The fraction of sp³-hybridized carbons (Fsp3) is 0.308. The number of hydrogen-bond acceptors (Lipinski definition) is 3. The minimum atomic E-state index is -0.532. The first kappa shape index (κ1) is 11.7. The van der Waals surface area contributed by atoms with E-state index in [1.54, 1.807) is 11.8 Å². The number of hydrogen-bond donors (Lipinski definition) is 1. The molecule has 0 fully saturated rings. The van der Waals surface area contributed by atoms with Crippen molar-refractivity contribution in [1.29, 1.82) is 0 Å². The number of rotatable bonds is 4. The van der Waals surface area contributed by atoms with E-state index in [0.717, 1.165) is 17.0 Å². The molecule has 0 amide bonds. The molecule has 0 aliphatic carbocycles. The number of methoxy groups -OCH3 is 1. The van der Waals surface area contributed by atoms with E-state index in [4.69, 9.17) is 4.74 Å². The van der Waals surface area contributed by atoms with Gasteiger partial charge in [-0.25, -0.2) is 0 Å². The molecule has 1 unspecified atom stereocenters. The summed E-state index contributed by atoms with van der Waals surface area (Å²) in [5.74, 6) is 0.791. The third-order valence-electron chi connectivity index (χ3n) is 2.67. The molecule has 0 bridgehead atoms. The van der Waals surface area contributed by atoms with Crippen molar-refractivity contribution in [2.24, 2.45) is 7.05 Å². The van der Waals surface area contributed by atoms with Gasteiger partial charge in [0.05, 0.1) is 18.9 Å². The Kier molecular flexibility index (Phi) is 3.44. The molecular weight excluding hydrogens is 216 g/mol. The molecule has 4 heteroatoms. The van der Waals surface area contributed by atoms with Crippen LogP contribution in [0.4, 0.5) is 0 Å². The molecule has 4 nitrogen and oxygen atoms in total. The molecule has 0 spiro atoms. The summed E-state index contributed by atoms with van der Waals surface area (Å²) < 4.78 is 6.81. The SMILES string of the molecule is COc1ccc(C(O)Cc2ccn(C)n2)cc1. The number of aryl methyl sites for hydroxylation is 1. The molecule has 17 heavy (non-hydrogen) atoms. The first-order valence-electron chi connectivity index (χ1n) is 5.49. The Labute approximate surface area is 100 Å². The van der Waals surface area contributed by atoms with Crippen LogP contribution in [-0.4, -0.2) is 22.0 Å². The lowest BCUT2D eigenvalue weighted by molar-refractivity contribution is 0.177. The lowest BCUT2D eigenvalue weighted by atomic mass is 10.1. The predicted molar refractivity (Wildman–Crippen MR) is 64.9 cm³/mol. The molecule has 1 heterocycles. The fourth-order valence-corrected chi connectivity index (χ4v) is 1.71. The lowest BCUT2D eigenvalue weighted by Crippen LogP contribution is -2.03. The van der Waals surface area contributed by atoms with E-state index in [9.17, 15) is 5.11 Å². The van der Waals surface area contributed by atoms with Gasteiger partial charge in [0.2, 0.25) is 0 Å². The van der Waals surface area contributed by atoms with Crippen molar-refractivity contribution in [3.63, 3.8) is 0 Å². The summed E-state index contributed by atoms with van der Waals surface area (Å²) in [6, 6.07) is 9.33. The zero-order valence-electron chi connectivity index (χ0n) is 10.00. The second-order valence-corrected chi connectivity index (χ2v) is 3.97. The van der Waals surface area contributed by atoms with Crippen LogP contribution < -0.4 is 4.74 Å². The van der Waals surface area contributed by atoms with E-state index in [2.05, 4.69) is 5.10 Å². The van der Waals surface area contributed by atoms with Gasteiger partial charge in [0.15, 0.2) is 0 Å². The Hall–Kier alpha value is -1.81. The molecule has 2 aromatic rings. The van der Waals surface area contributed by atoms with Gasteiger partial charge in [0.1, 0.15) is 5.75 Å². The topological polar surface area (TPSA) is 47.3 Å². The summed E-state index contributed by atoms with van der Waals surface area (Å²) in [6.07, 6.45) is 1.86. The molecule has 0 aliphatic rings. The maximum absolute atomic E-state index is 10.1. The first-order valence-corrected chi connectivity index (χ1v) is 5.49. The van der Waals surface area contributed by atoms with E-state index in [-0.39, 0.29) is 0 Å². The number of nitrogens with zero attached hydrogens (tertiary/aromatic N) is 2. The standard InChI is InChI=1S/C13H16N2O2/c1-15-8-7-11(14-15)9-13(16)10-3-5-12(17-2)6-4-10/h3-8,13,16H,9H2,1-2H3. The van der Waals surface area contributed by atoms with Crippen LogP contribution in [0.25, 0.3) is 0 Å². The molecule has 0 radical (unpaired) electrons. The number of ether oxygens (including phenoxy) is 1. The quantitative estimate of drug-likeness (QED) is 0.872. The Balaban J connectivity index is 2.06. The first-order chi connectivity index (χ1) is 8.19. The summed E-state index contributed by atoms with van der Waals surface area (Å²) >= 11 is 0. The average molecular weight is 232 g/mol. The van der Waals surface area contributed by atoms with Crippen LogP contribution >= 0.6 is 0 Å². The maximum Gasteiger partial charge on any atom is 0.118 e. The van der Waals surface area contributed by atoms with E-state index in [1.165, 1.54) is 0 Å². The van der Waals surface area contributed by atoms with E-state index in [1.807, 2.05) is 43.6 Å². The van der Waals surface area contributed by atoms with Crippen LogP contribution in [0.15, 0.2) is 36.5 Å². The van der Waals surface area contributed by atoms with Crippen LogP contribution in [0.2, 0.25) is 0 Å². The van der Waals surface area contributed by atoms with Gasteiger partial charge in [-0.2, -0.15) is 5.10 Å². The highest BCUT2D eigenvalue weighted by Crippen LogP contribution is 2.20. The maximum atomic E-state index is 10.1. The number of benzene rings is 1. The van der Waals surface area contributed by atoms with Gasteiger partial charge in [-0.15, -0.1) is 0 Å². The van der Waals surface area contributed by atoms with Gasteiger partial charge in [0, 0.05) is 19.7 Å². The number of aliphatic hydroxyl groups excluding tert-OH is 1. The largest absolute Gasteiger partial charge is 0.497 e. The molecule has 0 saturated heterocycles. The van der Waals surface area contributed by atoms with Crippen molar-refractivity contribution in [3.05, 3.63) is 47.8 Å². The highest BCUT2D eigenvalue weighted by molar-refractivity contribution is 5.28. The van der Waals surface area contributed by atoms with Gasteiger partial charge in [0.25, 0.3) is 0 Å². The minimum absolute atomic E-state index is 0.521. The Bertz CT molecular complexity index is 476. The molecular formula is C13H16N2O2. The van der Waals surface area contributed by atoms with Crippen molar-refractivity contribution in [2.45, 2.75) is 12.5 Å². The summed E-state index contributed by atoms with van der Waals surface area (Å²) in [5, 5.41) is 14.3. The molecule has 1 atom stereocenters. The zero-order chi connectivity index (χ0) is 12.3. The smallest absolute Gasteiger partial charge is 0.118 e. The Morgan fingerprint density at radius 3 is 2.53 bits per heavy atom. The fourth-order valence-electron chi connectivity index (χ4n) is 1.71. The van der Waals surface area contributed by atoms with E-state index < -0.39 is 6.10 Å². The van der Waals surface area contributed by atoms with Crippen LogP contribution in [0, 0.1) is 0 Å². The van der Waals surface area contributed by atoms with Crippen molar-refractivity contribution in [2.75, 3.05) is 7.11 Å². The highest BCUT2D eigenvalue weighted by Gasteiger charge is 2.10. The molecule has 1 aromatic carbocycles. The van der Waals surface area contributed by atoms with Gasteiger partial charge < -0.3 is 9.84 Å². The van der Waals surface area contributed by atoms with Crippen LogP contribution in [0.1, 0.15) is 17.4 Å². The van der Waals surface area contributed by atoms with Crippen molar-refractivity contribution < 1.29 is 9.84 Å². The van der Waals surface area contributed by atoms with Crippen molar-refractivity contribution in [3.8, 4) is 5.75 Å². The lowest BCUT2D eigenvalue weighted by Gasteiger charge is -2.09. The summed E-state index contributed by atoms with van der Waals surface area (Å²) in [7, 11) is 3.49. The molecule has 2 rings (SSSR count). The Morgan fingerprint density at radius 1 is 1.29 bits per heavy atom.